The molecule has 2 heterocycles. The van der Waals surface area contributed by atoms with Crippen LogP contribution in [-0.4, -0.2) is 34.9 Å². The monoisotopic (exact) mass is 339 g/mol. The van der Waals surface area contributed by atoms with Gasteiger partial charge in [0, 0.05) is 25.5 Å². The molecule has 0 bridgehead atoms. The highest BCUT2D eigenvalue weighted by Gasteiger charge is 2.27. The van der Waals surface area contributed by atoms with Crippen molar-refractivity contribution in [2.75, 3.05) is 18.0 Å². The van der Waals surface area contributed by atoms with Crippen molar-refractivity contribution in [1.82, 2.24) is 20.8 Å². The van der Waals surface area contributed by atoms with E-state index in [4.69, 9.17) is 0 Å². The molecule has 1 aromatic carbocycles. The molecule has 0 radical (unpaired) electrons. The van der Waals surface area contributed by atoms with E-state index in [1.807, 2.05) is 35.2 Å². The van der Waals surface area contributed by atoms with Crippen molar-refractivity contribution in [3.05, 3.63) is 54.4 Å². The minimum atomic E-state index is -0.237. The lowest BCUT2D eigenvalue weighted by Crippen LogP contribution is -2.49. The van der Waals surface area contributed by atoms with Gasteiger partial charge < -0.3 is 4.90 Å². The maximum atomic E-state index is 12.3. The summed E-state index contributed by atoms with van der Waals surface area (Å²) in [5, 5.41) is 0. The van der Waals surface area contributed by atoms with E-state index in [1.165, 1.54) is 0 Å². The number of aromatic nitrogens is 2. The van der Waals surface area contributed by atoms with E-state index < -0.39 is 0 Å². The Labute approximate surface area is 146 Å². The van der Waals surface area contributed by atoms with Crippen molar-refractivity contribution in [1.29, 1.82) is 0 Å². The first-order valence-corrected chi connectivity index (χ1v) is 8.37. The van der Waals surface area contributed by atoms with E-state index in [0.717, 1.165) is 24.9 Å². The molecule has 7 nitrogen and oxygen atoms in total. The van der Waals surface area contributed by atoms with Crippen molar-refractivity contribution in [3.8, 4) is 0 Å². The molecule has 130 valence electrons. The Hall–Kier alpha value is -2.96. The van der Waals surface area contributed by atoms with E-state index in [1.54, 1.807) is 18.5 Å². The molecule has 1 aliphatic rings. The molecule has 1 fully saturated rings. The lowest BCUT2D eigenvalue weighted by atomic mass is 9.98. The highest BCUT2D eigenvalue weighted by molar-refractivity contribution is 5.84. The van der Waals surface area contributed by atoms with Crippen LogP contribution in [0.3, 0.4) is 0 Å². The van der Waals surface area contributed by atoms with Gasteiger partial charge >= 0.3 is 0 Å². The van der Waals surface area contributed by atoms with Crippen molar-refractivity contribution in [2.24, 2.45) is 5.92 Å². The number of hydrogen-bond acceptors (Lipinski definition) is 5. The lowest BCUT2D eigenvalue weighted by molar-refractivity contribution is -0.131. The molecule has 25 heavy (non-hydrogen) atoms. The first kappa shape index (κ1) is 16.9. The largest absolute Gasteiger partial charge is 0.340 e. The first-order chi connectivity index (χ1) is 12.2. The van der Waals surface area contributed by atoms with Gasteiger partial charge in [0.1, 0.15) is 0 Å². The number of nitrogens with zero attached hydrogens (tertiary/aromatic N) is 3. The molecule has 0 unspecified atom stereocenters. The number of carbonyl (C=O) groups is 2. The summed E-state index contributed by atoms with van der Waals surface area (Å²) < 4.78 is 0. The van der Waals surface area contributed by atoms with E-state index in [2.05, 4.69) is 20.8 Å². The van der Waals surface area contributed by atoms with Crippen molar-refractivity contribution < 1.29 is 9.59 Å². The minimum absolute atomic E-state index is 0.179. The van der Waals surface area contributed by atoms with Crippen LogP contribution in [-0.2, 0) is 16.0 Å². The van der Waals surface area contributed by atoms with E-state index in [-0.39, 0.29) is 24.2 Å². The molecule has 1 atom stereocenters. The summed E-state index contributed by atoms with van der Waals surface area (Å²) in [7, 11) is 0. The van der Waals surface area contributed by atoms with Crippen LogP contribution in [0.4, 0.5) is 5.95 Å². The van der Waals surface area contributed by atoms with Crippen LogP contribution >= 0.6 is 0 Å². The second-order valence-electron chi connectivity index (χ2n) is 6.03. The highest BCUT2D eigenvalue weighted by atomic mass is 16.2. The summed E-state index contributed by atoms with van der Waals surface area (Å²) in [6.45, 7) is 1.37. The van der Waals surface area contributed by atoms with Gasteiger partial charge in [0.15, 0.2) is 0 Å². The van der Waals surface area contributed by atoms with Gasteiger partial charge in [-0.2, -0.15) is 0 Å². The van der Waals surface area contributed by atoms with Crippen LogP contribution in [0.15, 0.2) is 48.8 Å². The third-order valence-corrected chi connectivity index (χ3v) is 4.16. The topological polar surface area (TPSA) is 87.2 Å². The molecular weight excluding hydrogens is 318 g/mol. The Balaban J connectivity index is 1.48. The van der Waals surface area contributed by atoms with Gasteiger partial charge in [0.2, 0.25) is 17.8 Å². The summed E-state index contributed by atoms with van der Waals surface area (Å²) >= 11 is 0. The number of hydrogen-bond donors (Lipinski definition) is 2. The number of nitrogens with one attached hydrogen (secondary N) is 2. The molecule has 2 aromatic rings. The summed E-state index contributed by atoms with van der Waals surface area (Å²) in [5.74, 6) is 0.0170. The Morgan fingerprint density at radius 2 is 1.84 bits per heavy atom. The zero-order chi connectivity index (χ0) is 17.5. The number of hydrazine groups is 1. The number of rotatable bonds is 4. The predicted octanol–water partition coefficient (Wildman–Crippen LogP) is 1.08. The molecule has 0 saturated carbocycles. The minimum Gasteiger partial charge on any atom is -0.340 e. The van der Waals surface area contributed by atoms with Crippen LogP contribution < -0.4 is 15.8 Å². The van der Waals surface area contributed by atoms with Gasteiger partial charge in [-0.1, -0.05) is 30.3 Å². The van der Waals surface area contributed by atoms with Gasteiger partial charge in [-0.05, 0) is 24.5 Å². The molecule has 1 aliphatic heterocycles. The van der Waals surface area contributed by atoms with Crippen LogP contribution in [0.5, 0.6) is 0 Å². The number of amides is 2. The van der Waals surface area contributed by atoms with Crippen LogP contribution in [0.1, 0.15) is 18.4 Å². The molecule has 2 N–H and O–H groups in total. The number of anilines is 1. The summed E-state index contributed by atoms with van der Waals surface area (Å²) in [5.41, 5.74) is 5.94. The fraction of sp³-hybridized carbons (Fsp3) is 0.333. The van der Waals surface area contributed by atoms with Crippen LogP contribution in [0.25, 0.3) is 0 Å². The maximum absolute atomic E-state index is 12.3. The fourth-order valence-electron chi connectivity index (χ4n) is 2.89. The van der Waals surface area contributed by atoms with Gasteiger partial charge in [0.25, 0.3) is 0 Å². The van der Waals surface area contributed by atoms with Crippen molar-refractivity contribution in [3.63, 3.8) is 0 Å². The molecule has 0 aliphatic carbocycles. The Morgan fingerprint density at radius 1 is 1.08 bits per heavy atom. The van der Waals surface area contributed by atoms with Gasteiger partial charge in [-0.3, -0.25) is 20.4 Å². The Morgan fingerprint density at radius 3 is 2.60 bits per heavy atom. The quantitative estimate of drug-likeness (QED) is 0.814. The molecule has 1 saturated heterocycles. The van der Waals surface area contributed by atoms with Crippen LogP contribution in [0, 0.1) is 5.92 Å². The number of benzene rings is 1. The van der Waals surface area contributed by atoms with Crippen molar-refractivity contribution >= 4 is 17.8 Å². The SMILES string of the molecule is O=C(Cc1ccccc1)NNC(=O)[C@H]1CCCN(c2ncccn2)C1. The molecular formula is C18H21N5O2. The zero-order valence-corrected chi connectivity index (χ0v) is 13.9. The summed E-state index contributed by atoms with van der Waals surface area (Å²) in [6.07, 6.45) is 5.28. The highest BCUT2D eigenvalue weighted by Crippen LogP contribution is 2.19. The third-order valence-electron chi connectivity index (χ3n) is 4.16. The van der Waals surface area contributed by atoms with Crippen LogP contribution in [0.2, 0.25) is 0 Å². The second kappa shape index (κ2) is 8.23. The van der Waals surface area contributed by atoms with Gasteiger partial charge in [-0.15, -0.1) is 0 Å². The van der Waals surface area contributed by atoms with Crippen molar-refractivity contribution in [2.45, 2.75) is 19.3 Å². The number of piperidine rings is 1. The van der Waals surface area contributed by atoms with E-state index in [0.29, 0.717) is 12.5 Å². The summed E-state index contributed by atoms with van der Waals surface area (Å²) in [6, 6.07) is 11.2. The third kappa shape index (κ3) is 4.76. The molecule has 0 spiro atoms. The molecule has 1 aromatic heterocycles. The standard InChI is InChI=1S/C18H21N5O2/c24-16(12-14-6-2-1-3-7-14)21-22-17(25)15-8-4-11-23(13-15)18-19-9-5-10-20-18/h1-3,5-7,9-10,15H,4,8,11-13H2,(H,21,24)(H,22,25)/t15-/m0/s1. The van der Waals surface area contributed by atoms with E-state index in [9.17, 15) is 9.59 Å². The predicted molar refractivity (Wildman–Crippen MR) is 93.4 cm³/mol. The first-order valence-electron chi connectivity index (χ1n) is 8.37. The molecule has 3 rings (SSSR count). The maximum Gasteiger partial charge on any atom is 0.243 e. The number of carbonyl (C=O) groups excluding carboxylic acids is 2. The Bertz CT molecular complexity index is 708. The Kier molecular flexibility index (Phi) is 5.56. The van der Waals surface area contributed by atoms with E-state index >= 15 is 0 Å². The molecule has 7 heteroatoms. The lowest BCUT2D eigenvalue weighted by Gasteiger charge is -2.31. The van der Waals surface area contributed by atoms with Gasteiger partial charge in [0.05, 0.1) is 12.3 Å². The fourth-order valence-corrected chi connectivity index (χ4v) is 2.89. The van der Waals surface area contributed by atoms with Gasteiger partial charge in [-0.25, -0.2) is 9.97 Å². The second-order valence-corrected chi connectivity index (χ2v) is 6.03. The average Bonchev–Trinajstić information content (AvgIpc) is 2.68. The average molecular weight is 339 g/mol. The zero-order valence-electron chi connectivity index (χ0n) is 13.9. The smallest absolute Gasteiger partial charge is 0.243 e. The molecule has 2 amide bonds. The summed E-state index contributed by atoms with van der Waals surface area (Å²) in [4.78, 5) is 34.7. The normalized spacial score (nSPS) is 17.0.